The number of nitrogens with one attached hydrogen (secondary N) is 1. The molecule has 0 bridgehead atoms. The second-order valence-corrected chi connectivity index (χ2v) is 8.44. The molecule has 1 aliphatic heterocycles. The largest absolute Gasteiger partial charge is 0.355 e. The molecule has 1 fully saturated rings. The van der Waals surface area contributed by atoms with Crippen LogP contribution in [0.2, 0.25) is 0 Å². The van der Waals surface area contributed by atoms with E-state index in [1.807, 2.05) is 24.1 Å². The molecule has 0 saturated carbocycles. The van der Waals surface area contributed by atoms with Crippen LogP contribution in [0.5, 0.6) is 0 Å². The molecule has 0 spiro atoms. The molecule has 1 amide bonds. The van der Waals surface area contributed by atoms with Crippen molar-refractivity contribution in [2.75, 3.05) is 39.5 Å². The Bertz CT molecular complexity index is 636. The molecule has 1 aromatic heterocycles. The number of sulfonamides is 1. The van der Waals surface area contributed by atoms with Gasteiger partial charge in [0.1, 0.15) is 0 Å². The van der Waals surface area contributed by atoms with Gasteiger partial charge in [0.05, 0.1) is 12.8 Å². The first-order valence-electron chi connectivity index (χ1n) is 8.14. The van der Waals surface area contributed by atoms with Gasteiger partial charge in [-0.1, -0.05) is 0 Å². The second-order valence-electron chi connectivity index (χ2n) is 6.46. The van der Waals surface area contributed by atoms with Gasteiger partial charge in [-0.05, 0) is 43.5 Å². The molecule has 2 heterocycles. The third-order valence-electron chi connectivity index (χ3n) is 4.15. The van der Waals surface area contributed by atoms with Gasteiger partial charge >= 0.3 is 0 Å². The molecule has 2 rings (SSSR count). The number of piperidine rings is 1. The summed E-state index contributed by atoms with van der Waals surface area (Å²) in [5.74, 6) is 0.144. The molecular weight excluding hydrogens is 328 g/mol. The Balaban J connectivity index is 1.72. The van der Waals surface area contributed by atoms with Crippen molar-refractivity contribution in [2.45, 2.75) is 19.4 Å². The van der Waals surface area contributed by atoms with Gasteiger partial charge in [-0.2, -0.15) is 0 Å². The molecule has 1 atom stereocenters. The number of nitrogens with zero attached hydrogens (tertiary/aromatic N) is 3. The zero-order chi connectivity index (χ0) is 17.6. The molecule has 0 radical (unpaired) electrons. The van der Waals surface area contributed by atoms with E-state index in [4.69, 9.17) is 0 Å². The topological polar surface area (TPSA) is 82.6 Å². The summed E-state index contributed by atoms with van der Waals surface area (Å²) in [6.45, 7) is 2.59. The lowest BCUT2D eigenvalue weighted by Crippen LogP contribution is -2.44. The second kappa shape index (κ2) is 8.55. The van der Waals surface area contributed by atoms with Crippen molar-refractivity contribution in [2.24, 2.45) is 5.92 Å². The maximum absolute atomic E-state index is 12.1. The first-order chi connectivity index (χ1) is 11.3. The third-order valence-corrected chi connectivity index (χ3v) is 5.42. The number of amides is 1. The van der Waals surface area contributed by atoms with Gasteiger partial charge in [-0.3, -0.25) is 14.7 Å². The first kappa shape index (κ1) is 18.8. The van der Waals surface area contributed by atoms with E-state index in [1.54, 1.807) is 12.4 Å². The van der Waals surface area contributed by atoms with Crippen LogP contribution in [0.15, 0.2) is 24.5 Å². The molecule has 0 aliphatic carbocycles. The molecule has 134 valence electrons. The van der Waals surface area contributed by atoms with Crippen LogP contribution >= 0.6 is 0 Å². The third kappa shape index (κ3) is 6.18. The Morgan fingerprint density at radius 3 is 2.79 bits per heavy atom. The van der Waals surface area contributed by atoms with E-state index in [-0.39, 0.29) is 11.8 Å². The Labute approximate surface area is 144 Å². The Kier molecular flexibility index (Phi) is 6.70. The molecule has 1 saturated heterocycles. The number of carbonyl (C=O) groups is 1. The monoisotopic (exact) mass is 354 g/mol. The van der Waals surface area contributed by atoms with Crippen molar-refractivity contribution in [1.29, 1.82) is 0 Å². The van der Waals surface area contributed by atoms with E-state index >= 15 is 0 Å². The lowest BCUT2D eigenvalue weighted by molar-refractivity contribution is -0.122. The summed E-state index contributed by atoms with van der Waals surface area (Å²) in [6.07, 6.45) is 6.50. The number of likely N-dealkylation sites (N-methyl/N-ethyl adjacent to an activating group) is 1. The molecule has 1 aliphatic rings. The van der Waals surface area contributed by atoms with Crippen LogP contribution in [0.4, 0.5) is 0 Å². The van der Waals surface area contributed by atoms with Crippen molar-refractivity contribution in [3.63, 3.8) is 0 Å². The highest BCUT2D eigenvalue weighted by Crippen LogP contribution is 2.17. The minimum absolute atomic E-state index is 0.0389. The highest BCUT2D eigenvalue weighted by molar-refractivity contribution is 7.88. The zero-order valence-electron chi connectivity index (χ0n) is 14.3. The fourth-order valence-corrected chi connectivity index (χ4v) is 3.85. The lowest BCUT2D eigenvalue weighted by atomic mass is 10.00. The molecule has 8 heteroatoms. The number of hydrogen-bond donors (Lipinski definition) is 1. The van der Waals surface area contributed by atoms with E-state index in [1.165, 1.54) is 10.6 Å². The SMILES string of the molecule is CN(CC(=O)NC[C@H]1CCCN(S(C)(=O)=O)C1)Cc1ccncc1. The van der Waals surface area contributed by atoms with Crippen molar-refractivity contribution in [3.05, 3.63) is 30.1 Å². The van der Waals surface area contributed by atoms with Gasteiger partial charge in [0, 0.05) is 38.6 Å². The quantitative estimate of drug-likeness (QED) is 0.762. The summed E-state index contributed by atoms with van der Waals surface area (Å²) in [5, 5.41) is 2.93. The Morgan fingerprint density at radius 1 is 1.42 bits per heavy atom. The van der Waals surface area contributed by atoms with Gasteiger partial charge in [0.25, 0.3) is 0 Å². The van der Waals surface area contributed by atoms with Crippen molar-refractivity contribution in [3.8, 4) is 0 Å². The van der Waals surface area contributed by atoms with E-state index in [9.17, 15) is 13.2 Å². The summed E-state index contributed by atoms with van der Waals surface area (Å²) >= 11 is 0. The Hall–Kier alpha value is -1.51. The summed E-state index contributed by atoms with van der Waals surface area (Å²) < 4.78 is 24.7. The van der Waals surface area contributed by atoms with Crippen molar-refractivity contribution in [1.82, 2.24) is 19.5 Å². The van der Waals surface area contributed by atoms with E-state index in [2.05, 4.69) is 10.3 Å². The number of pyridine rings is 1. The number of rotatable bonds is 7. The van der Waals surface area contributed by atoms with Crippen LogP contribution < -0.4 is 5.32 Å². The fourth-order valence-electron chi connectivity index (χ4n) is 2.91. The molecule has 1 N–H and O–H groups in total. The standard InChI is InChI=1S/C16H26N4O3S/c1-19(11-14-5-7-17-8-6-14)13-16(21)18-10-15-4-3-9-20(12-15)24(2,22)23/h5-8,15H,3-4,9-13H2,1-2H3,(H,18,21)/t15-/m1/s1. The molecular formula is C16H26N4O3S. The summed E-state index contributed by atoms with van der Waals surface area (Å²) in [4.78, 5) is 18.0. The first-order valence-corrected chi connectivity index (χ1v) is 9.98. The molecule has 1 aromatic rings. The molecule has 0 unspecified atom stereocenters. The predicted molar refractivity (Wildman–Crippen MR) is 92.7 cm³/mol. The fraction of sp³-hybridized carbons (Fsp3) is 0.625. The highest BCUT2D eigenvalue weighted by Gasteiger charge is 2.26. The minimum atomic E-state index is -3.14. The van der Waals surface area contributed by atoms with E-state index < -0.39 is 10.0 Å². The maximum atomic E-state index is 12.1. The average Bonchev–Trinajstić information content (AvgIpc) is 2.53. The molecule has 0 aromatic carbocycles. The summed E-state index contributed by atoms with van der Waals surface area (Å²) in [6, 6.07) is 3.85. The van der Waals surface area contributed by atoms with Crippen LogP contribution in [0.1, 0.15) is 18.4 Å². The smallest absolute Gasteiger partial charge is 0.234 e. The maximum Gasteiger partial charge on any atom is 0.234 e. The van der Waals surface area contributed by atoms with Gasteiger partial charge in [-0.15, -0.1) is 0 Å². The molecule has 24 heavy (non-hydrogen) atoms. The van der Waals surface area contributed by atoms with Crippen LogP contribution in [-0.4, -0.2) is 68.0 Å². The summed E-state index contributed by atoms with van der Waals surface area (Å²) in [5.41, 5.74) is 1.11. The van der Waals surface area contributed by atoms with Crippen LogP contribution in [0, 0.1) is 5.92 Å². The van der Waals surface area contributed by atoms with Crippen molar-refractivity contribution >= 4 is 15.9 Å². The van der Waals surface area contributed by atoms with Gasteiger partial charge in [0.2, 0.25) is 15.9 Å². The van der Waals surface area contributed by atoms with Gasteiger partial charge in [-0.25, -0.2) is 12.7 Å². The average molecular weight is 354 g/mol. The number of carbonyl (C=O) groups excluding carboxylic acids is 1. The van der Waals surface area contributed by atoms with Crippen LogP contribution in [0.25, 0.3) is 0 Å². The Morgan fingerprint density at radius 2 is 2.12 bits per heavy atom. The number of hydrogen-bond acceptors (Lipinski definition) is 5. The van der Waals surface area contributed by atoms with Crippen LogP contribution in [-0.2, 0) is 21.4 Å². The predicted octanol–water partition coefficient (Wildman–Crippen LogP) is 0.301. The van der Waals surface area contributed by atoms with Gasteiger partial charge in [0.15, 0.2) is 0 Å². The van der Waals surface area contributed by atoms with Gasteiger partial charge < -0.3 is 5.32 Å². The van der Waals surface area contributed by atoms with Crippen molar-refractivity contribution < 1.29 is 13.2 Å². The number of aromatic nitrogens is 1. The molecule has 7 nitrogen and oxygen atoms in total. The summed E-state index contributed by atoms with van der Waals surface area (Å²) in [7, 11) is -1.25. The lowest BCUT2D eigenvalue weighted by Gasteiger charge is -2.31. The van der Waals surface area contributed by atoms with Crippen LogP contribution in [0.3, 0.4) is 0 Å². The zero-order valence-corrected chi connectivity index (χ0v) is 15.1. The van der Waals surface area contributed by atoms with E-state index in [0.717, 1.165) is 18.4 Å². The highest BCUT2D eigenvalue weighted by atomic mass is 32.2. The normalized spacial score (nSPS) is 19.4. The van der Waals surface area contributed by atoms with E-state index in [0.29, 0.717) is 32.7 Å². The minimum Gasteiger partial charge on any atom is -0.355 e.